The van der Waals surface area contributed by atoms with Crippen molar-refractivity contribution in [1.82, 2.24) is 4.90 Å². The van der Waals surface area contributed by atoms with Crippen LogP contribution in [-0.2, 0) is 0 Å². The standard InChI is InChI=1S/C12H18ClNO/c1-10-6-4-5-7-12(10)15-9-11(13)8-14(2)3/h4-7,11H,8-9H2,1-3H3/t11-/m0/s1. The van der Waals surface area contributed by atoms with E-state index in [1.807, 2.05) is 45.3 Å². The predicted octanol–water partition coefficient (Wildman–Crippen LogP) is 2.54. The van der Waals surface area contributed by atoms with Gasteiger partial charge in [0.1, 0.15) is 12.4 Å². The third-order valence-electron chi connectivity index (χ3n) is 2.08. The molecular formula is C12H18ClNO. The molecule has 0 heterocycles. The summed E-state index contributed by atoms with van der Waals surface area (Å²) in [6.07, 6.45) is 0. The van der Waals surface area contributed by atoms with E-state index in [4.69, 9.17) is 16.3 Å². The topological polar surface area (TPSA) is 12.5 Å². The highest BCUT2D eigenvalue weighted by Crippen LogP contribution is 2.16. The van der Waals surface area contributed by atoms with Gasteiger partial charge in [0, 0.05) is 6.54 Å². The summed E-state index contributed by atoms with van der Waals surface area (Å²) >= 11 is 6.11. The van der Waals surface area contributed by atoms with Crippen LogP contribution in [0.25, 0.3) is 0 Å². The summed E-state index contributed by atoms with van der Waals surface area (Å²) in [5, 5.41) is 0.0274. The fraction of sp³-hybridized carbons (Fsp3) is 0.500. The van der Waals surface area contributed by atoms with Crippen LogP contribution in [0.15, 0.2) is 24.3 Å². The maximum Gasteiger partial charge on any atom is 0.122 e. The number of ether oxygens (including phenoxy) is 1. The van der Waals surface area contributed by atoms with Crippen molar-refractivity contribution >= 4 is 11.6 Å². The van der Waals surface area contributed by atoms with Crippen molar-refractivity contribution in [1.29, 1.82) is 0 Å². The quantitative estimate of drug-likeness (QED) is 0.717. The van der Waals surface area contributed by atoms with Gasteiger partial charge in [-0.25, -0.2) is 0 Å². The first-order valence-electron chi connectivity index (χ1n) is 5.07. The number of halogens is 1. The highest BCUT2D eigenvalue weighted by atomic mass is 35.5. The third kappa shape index (κ3) is 4.54. The SMILES string of the molecule is Cc1ccccc1OC[C@@H](Cl)CN(C)C. The van der Waals surface area contributed by atoms with Crippen LogP contribution < -0.4 is 4.74 Å². The summed E-state index contributed by atoms with van der Waals surface area (Å²) in [5.74, 6) is 0.918. The van der Waals surface area contributed by atoms with Crippen LogP contribution in [0, 0.1) is 6.92 Å². The molecule has 84 valence electrons. The van der Waals surface area contributed by atoms with Crippen LogP contribution in [0.3, 0.4) is 0 Å². The van der Waals surface area contributed by atoms with Crippen molar-refractivity contribution in [2.24, 2.45) is 0 Å². The molecule has 3 heteroatoms. The van der Waals surface area contributed by atoms with Crippen molar-refractivity contribution in [3.05, 3.63) is 29.8 Å². The van der Waals surface area contributed by atoms with E-state index in [0.717, 1.165) is 17.9 Å². The lowest BCUT2D eigenvalue weighted by Gasteiger charge is -2.16. The summed E-state index contributed by atoms with van der Waals surface area (Å²) < 4.78 is 5.64. The molecule has 0 radical (unpaired) electrons. The largest absolute Gasteiger partial charge is 0.492 e. The normalized spacial score (nSPS) is 12.9. The number of hydrogen-bond acceptors (Lipinski definition) is 2. The van der Waals surface area contributed by atoms with E-state index in [9.17, 15) is 0 Å². The Labute approximate surface area is 96.8 Å². The van der Waals surface area contributed by atoms with E-state index in [0.29, 0.717) is 6.61 Å². The zero-order valence-electron chi connectivity index (χ0n) is 9.53. The lowest BCUT2D eigenvalue weighted by Crippen LogP contribution is -2.26. The zero-order valence-corrected chi connectivity index (χ0v) is 10.3. The van der Waals surface area contributed by atoms with Gasteiger partial charge >= 0.3 is 0 Å². The highest BCUT2D eigenvalue weighted by molar-refractivity contribution is 6.20. The zero-order chi connectivity index (χ0) is 11.3. The Kier molecular flexibility index (Phi) is 4.92. The molecule has 0 saturated heterocycles. The van der Waals surface area contributed by atoms with Crippen LogP contribution in [0.4, 0.5) is 0 Å². The molecule has 0 aliphatic carbocycles. The predicted molar refractivity (Wildman–Crippen MR) is 64.9 cm³/mol. The van der Waals surface area contributed by atoms with Crippen LogP contribution >= 0.6 is 11.6 Å². The number of nitrogens with zero attached hydrogens (tertiary/aromatic N) is 1. The summed E-state index contributed by atoms with van der Waals surface area (Å²) in [6, 6.07) is 7.97. The number of benzene rings is 1. The monoisotopic (exact) mass is 227 g/mol. The second kappa shape index (κ2) is 5.99. The van der Waals surface area contributed by atoms with E-state index < -0.39 is 0 Å². The lowest BCUT2D eigenvalue weighted by molar-refractivity contribution is 0.284. The van der Waals surface area contributed by atoms with Gasteiger partial charge in [-0.2, -0.15) is 0 Å². The first-order chi connectivity index (χ1) is 7.09. The highest BCUT2D eigenvalue weighted by Gasteiger charge is 2.07. The number of hydrogen-bond donors (Lipinski definition) is 0. The number of rotatable bonds is 5. The minimum absolute atomic E-state index is 0.0274. The molecule has 0 aliphatic rings. The van der Waals surface area contributed by atoms with Crippen molar-refractivity contribution in [2.45, 2.75) is 12.3 Å². The Hall–Kier alpha value is -0.730. The van der Waals surface area contributed by atoms with E-state index in [2.05, 4.69) is 4.90 Å². The number of para-hydroxylation sites is 1. The molecule has 0 spiro atoms. The molecule has 1 aromatic carbocycles. The Morgan fingerprint density at radius 2 is 2.00 bits per heavy atom. The molecule has 0 aromatic heterocycles. The molecule has 15 heavy (non-hydrogen) atoms. The summed E-state index contributed by atoms with van der Waals surface area (Å²) in [6.45, 7) is 3.41. The van der Waals surface area contributed by atoms with Crippen molar-refractivity contribution in [3.8, 4) is 5.75 Å². The Morgan fingerprint density at radius 1 is 1.33 bits per heavy atom. The number of alkyl halides is 1. The molecule has 0 bridgehead atoms. The van der Waals surface area contributed by atoms with Gasteiger partial charge in [-0.15, -0.1) is 11.6 Å². The van der Waals surface area contributed by atoms with Gasteiger partial charge in [0.05, 0.1) is 5.38 Å². The molecule has 0 amide bonds. The van der Waals surface area contributed by atoms with Gasteiger partial charge in [-0.3, -0.25) is 0 Å². The first kappa shape index (κ1) is 12.3. The van der Waals surface area contributed by atoms with E-state index >= 15 is 0 Å². The Balaban J connectivity index is 2.40. The van der Waals surface area contributed by atoms with Crippen LogP contribution in [0.2, 0.25) is 0 Å². The first-order valence-corrected chi connectivity index (χ1v) is 5.50. The Morgan fingerprint density at radius 3 is 2.60 bits per heavy atom. The molecule has 0 N–H and O–H groups in total. The van der Waals surface area contributed by atoms with Crippen molar-refractivity contribution < 1.29 is 4.74 Å². The fourth-order valence-corrected chi connectivity index (χ4v) is 1.69. The molecule has 1 rings (SSSR count). The molecule has 0 aliphatic heterocycles. The lowest BCUT2D eigenvalue weighted by atomic mass is 10.2. The van der Waals surface area contributed by atoms with Crippen LogP contribution in [-0.4, -0.2) is 37.5 Å². The molecule has 1 aromatic rings. The van der Waals surface area contributed by atoms with E-state index in [-0.39, 0.29) is 5.38 Å². The smallest absolute Gasteiger partial charge is 0.122 e. The molecule has 0 fully saturated rings. The van der Waals surface area contributed by atoms with Crippen molar-refractivity contribution in [2.75, 3.05) is 27.2 Å². The van der Waals surface area contributed by atoms with Gasteiger partial charge in [-0.1, -0.05) is 18.2 Å². The maximum atomic E-state index is 6.11. The minimum atomic E-state index is 0.0274. The maximum absolute atomic E-state index is 6.11. The molecular weight excluding hydrogens is 210 g/mol. The van der Waals surface area contributed by atoms with Gasteiger partial charge in [0.15, 0.2) is 0 Å². The molecule has 1 atom stereocenters. The minimum Gasteiger partial charge on any atom is -0.492 e. The summed E-state index contributed by atoms with van der Waals surface area (Å²) in [7, 11) is 4.01. The fourth-order valence-electron chi connectivity index (χ4n) is 1.35. The molecule has 0 unspecified atom stereocenters. The number of aryl methyl sites for hydroxylation is 1. The van der Waals surface area contributed by atoms with Crippen LogP contribution in [0.1, 0.15) is 5.56 Å². The Bertz CT molecular complexity index is 301. The van der Waals surface area contributed by atoms with E-state index in [1.54, 1.807) is 0 Å². The average Bonchev–Trinajstić information content (AvgIpc) is 2.15. The van der Waals surface area contributed by atoms with Gasteiger partial charge in [-0.05, 0) is 32.6 Å². The van der Waals surface area contributed by atoms with Crippen LogP contribution in [0.5, 0.6) is 5.75 Å². The van der Waals surface area contributed by atoms with Gasteiger partial charge in [0.2, 0.25) is 0 Å². The summed E-state index contributed by atoms with van der Waals surface area (Å²) in [4.78, 5) is 2.05. The second-order valence-electron chi connectivity index (χ2n) is 3.94. The van der Waals surface area contributed by atoms with Gasteiger partial charge < -0.3 is 9.64 Å². The second-order valence-corrected chi connectivity index (χ2v) is 4.55. The summed E-state index contributed by atoms with van der Waals surface area (Å²) in [5.41, 5.74) is 1.14. The molecule has 0 saturated carbocycles. The van der Waals surface area contributed by atoms with Gasteiger partial charge in [0.25, 0.3) is 0 Å². The average molecular weight is 228 g/mol. The third-order valence-corrected chi connectivity index (χ3v) is 2.34. The molecule has 2 nitrogen and oxygen atoms in total. The van der Waals surface area contributed by atoms with Crippen molar-refractivity contribution in [3.63, 3.8) is 0 Å². The van der Waals surface area contributed by atoms with E-state index in [1.165, 1.54) is 0 Å².